The lowest BCUT2D eigenvalue weighted by Gasteiger charge is -2.03. The second-order valence-corrected chi connectivity index (χ2v) is 5.20. The van der Waals surface area contributed by atoms with Gasteiger partial charge in [-0.3, -0.25) is 4.79 Å². The summed E-state index contributed by atoms with van der Waals surface area (Å²) in [5.41, 5.74) is 3.73. The van der Waals surface area contributed by atoms with E-state index in [4.69, 9.17) is 0 Å². The first-order valence-corrected chi connectivity index (χ1v) is 6.73. The number of fused-ring (bicyclic) bond motifs is 1. The van der Waals surface area contributed by atoms with Gasteiger partial charge in [-0.05, 0) is 17.2 Å². The van der Waals surface area contributed by atoms with Crippen LogP contribution in [0.1, 0.15) is 26.3 Å². The average molecular weight is 299 g/mol. The second kappa shape index (κ2) is 4.54. The first-order valence-electron chi connectivity index (χ1n) is 5.82. The summed E-state index contributed by atoms with van der Waals surface area (Å²) in [5, 5.41) is 0. The highest BCUT2D eigenvalue weighted by atomic mass is 79.9. The number of rotatable bonds is 1. The van der Waals surface area contributed by atoms with Gasteiger partial charge in [0, 0.05) is 11.1 Å². The minimum absolute atomic E-state index is 0.00130. The number of Topliss-reactive ketones (excluding diaryl/α,β-unsaturated/α-hetero) is 1. The smallest absolute Gasteiger partial charge is 0.190 e. The van der Waals surface area contributed by atoms with Crippen molar-refractivity contribution < 1.29 is 4.79 Å². The van der Waals surface area contributed by atoms with E-state index in [1.807, 2.05) is 60.7 Å². The van der Waals surface area contributed by atoms with Crippen LogP contribution in [0.15, 0.2) is 60.2 Å². The van der Waals surface area contributed by atoms with Crippen LogP contribution in [0.5, 0.6) is 0 Å². The summed E-state index contributed by atoms with van der Waals surface area (Å²) in [7, 11) is 0. The normalized spacial score (nSPS) is 20.2. The third-order valence-electron chi connectivity index (χ3n) is 3.14. The van der Waals surface area contributed by atoms with E-state index in [2.05, 4.69) is 15.9 Å². The summed E-state index contributed by atoms with van der Waals surface area (Å²) >= 11 is 3.61. The molecule has 0 heterocycles. The van der Waals surface area contributed by atoms with Gasteiger partial charge in [-0.25, -0.2) is 0 Å². The van der Waals surface area contributed by atoms with Gasteiger partial charge >= 0.3 is 0 Å². The number of allylic oxidation sites excluding steroid dienone is 1. The Morgan fingerprint density at radius 3 is 2.33 bits per heavy atom. The Morgan fingerprint density at radius 1 is 0.944 bits per heavy atom. The van der Waals surface area contributed by atoms with Crippen molar-refractivity contribution in [3.63, 3.8) is 0 Å². The standard InChI is InChI=1S/C16H11BrO/c17-15-12-8-4-5-9-13(12)16(18)14(15)10-11-6-2-1-3-7-11/h1-10,15H/b14-10+/t15-/m0/s1. The van der Waals surface area contributed by atoms with Crippen LogP contribution >= 0.6 is 15.9 Å². The molecule has 0 spiro atoms. The van der Waals surface area contributed by atoms with E-state index in [1.165, 1.54) is 0 Å². The van der Waals surface area contributed by atoms with Gasteiger partial charge in [0.05, 0.1) is 4.83 Å². The quantitative estimate of drug-likeness (QED) is 0.563. The van der Waals surface area contributed by atoms with Crippen molar-refractivity contribution in [1.82, 2.24) is 0 Å². The molecule has 2 aromatic rings. The summed E-state index contributed by atoms with van der Waals surface area (Å²) in [6.45, 7) is 0. The SMILES string of the molecule is O=C1/C(=C/c2ccccc2)[C@@H](Br)c2ccccc21. The van der Waals surface area contributed by atoms with E-state index in [0.717, 1.165) is 22.3 Å². The summed E-state index contributed by atoms with van der Waals surface area (Å²) in [5.74, 6) is 0.122. The van der Waals surface area contributed by atoms with E-state index in [1.54, 1.807) is 0 Å². The summed E-state index contributed by atoms with van der Waals surface area (Å²) < 4.78 is 0. The minimum atomic E-state index is 0.00130. The van der Waals surface area contributed by atoms with Gasteiger partial charge in [0.1, 0.15) is 0 Å². The fraction of sp³-hybridized carbons (Fsp3) is 0.0625. The lowest BCUT2D eigenvalue weighted by atomic mass is 10.1. The van der Waals surface area contributed by atoms with Gasteiger partial charge < -0.3 is 0 Å². The van der Waals surface area contributed by atoms with Crippen LogP contribution in [0.3, 0.4) is 0 Å². The first-order chi connectivity index (χ1) is 8.77. The molecule has 0 saturated heterocycles. The molecule has 18 heavy (non-hydrogen) atoms. The fourth-order valence-corrected chi connectivity index (χ4v) is 2.97. The van der Waals surface area contributed by atoms with Crippen molar-refractivity contribution in [3.05, 3.63) is 76.9 Å². The average Bonchev–Trinajstić information content (AvgIpc) is 2.66. The van der Waals surface area contributed by atoms with Crippen LogP contribution in [0.2, 0.25) is 0 Å². The molecule has 0 saturated carbocycles. The maximum atomic E-state index is 12.3. The number of ketones is 1. The molecule has 0 N–H and O–H groups in total. The third kappa shape index (κ3) is 1.83. The molecule has 2 heteroatoms. The van der Waals surface area contributed by atoms with Crippen LogP contribution in [0.25, 0.3) is 6.08 Å². The zero-order valence-corrected chi connectivity index (χ0v) is 11.2. The van der Waals surface area contributed by atoms with Gasteiger partial charge in [-0.1, -0.05) is 70.5 Å². The number of carbonyl (C=O) groups is 1. The Balaban J connectivity index is 2.07. The van der Waals surface area contributed by atoms with Crippen molar-refractivity contribution in [1.29, 1.82) is 0 Å². The summed E-state index contributed by atoms with van der Waals surface area (Å²) in [4.78, 5) is 12.3. The predicted molar refractivity (Wildman–Crippen MR) is 76.9 cm³/mol. The Kier molecular flexibility index (Phi) is 2.88. The zero-order chi connectivity index (χ0) is 12.5. The number of alkyl halides is 1. The number of halogens is 1. The molecule has 0 radical (unpaired) electrons. The van der Waals surface area contributed by atoms with Gasteiger partial charge in [-0.15, -0.1) is 0 Å². The predicted octanol–water partition coefficient (Wildman–Crippen LogP) is 4.40. The van der Waals surface area contributed by atoms with Crippen molar-refractivity contribution >= 4 is 27.8 Å². The molecule has 3 rings (SSSR count). The van der Waals surface area contributed by atoms with Crippen molar-refractivity contribution in [2.45, 2.75) is 4.83 Å². The van der Waals surface area contributed by atoms with E-state index < -0.39 is 0 Å². The molecule has 1 aliphatic carbocycles. The number of hydrogen-bond acceptors (Lipinski definition) is 1. The molecular weight excluding hydrogens is 288 g/mol. The molecule has 0 bridgehead atoms. The zero-order valence-electron chi connectivity index (χ0n) is 9.64. The number of benzene rings is 2. The monoisotopic (exact) mass is 298 g/mol. The van der Waals surface area contributed by atoms with E-state index in [-0.39, 0.29) is 10.6 Å². The van der Waals surface area contributed by atoms with Crippen LogP contribution in [-0.4, -0.2) is 5.78 Å². The van der Waals surface area contributed by atoms with E-state index in [0.29, 0.717) is 0 Å². The Hall–Kier alpha value is -1.67. The largest absolute Gasteiger partial charge is 0.289 e. The highest BCUT2D eigenvalue weighted by Gasteiger charge is 2.32. The minimum Gasteiger partial charge on any atom is -0.289 e. The fourth-order valence-electron chi connectivity index (χ4n) is 2.23. The van der Waals surface area contributed by atoms with Crippen molar-refractivity contribution in [3.8, 4) is 0 Å². The van der Waals surface area contributed by atoms with Gasteiger partial charge in [0.2, 0.25) is 0 Å². The summed E-state index contributed by atoms with van der Waals surface area (Å²) in [6.07, 6.45) is 1.96. The molecule has 0 amide bonds. The van der Waals surface area contributed by atoms with Crippen LogP contribution in [-0.2, 0) is 0 Å². The highest BCUT2D eigenvalue weighted by Crippen LogP contribution is 2.42. The molecule has 0 aliphatic heterocycles. The molecule has 1 aliphatic rings. The third-order valence-corrected chi connectivity index (χ3v) is 4.12. The van der Waals surface area contributed by atoms with Gasteiger partial charge in [0.15, 0.2) is 5.78 Å². The Labute approximate surface area is 114 Å². The molecule has 88 valence electrons. The lowest BCUT2D eigenvalue weighted by molar-refractivity contribution is 0.104. The van der Waals surface area contributed by atoms with Crippen LogP contribution < -0.4 is 0 Å². The maximum Gasteiger partial charge on any atom is 0.190 e. The van der Waals surface area contributed by atoms with Crippen molar-refractivity contribution in [2.24, 2.45) is 0 Å². The highest BCUT2D eigenvalue weighted by molar-refractivity contribution is 9.09. The Bertz CT molecular complexity index is 629. The van der Waals surface area contributed by atoms with E-state index >= 15 is 0 Å². The molecule has 0 unspecified atom stereocenters. The molecule has 1 atom stereocenters. The van der Waals surface area contributed by atoms with Crippen molar-refractivity contribution in [2.75, 3.05) is 0 Å². The summed E-state index contributed by atoms with van der Waals surface area (Å²) in [6, 6.07) is 17.7. The van der Waals surface area contributed by atoms with Crippen LogP contribution in [0, 0.1) is 0 Å². The maximum absolute atomic E-state index is 12.3. The molecule has 0 aromatic heterocycles. The molecule has 1 nitrogen and oxygen atoms in total. The second-order valence-electron chi connectivity index (χ2n) is 4.29. The number of carbonyl (C=O) groups excluding carboxylic acids is 1. The van der Waals surface area contributed by atoms with Crippen LogP contribution in [0.4, 0.5) is 0 Å². The lowest BCUT2D eigenvalue weighted by Crippen LogP contribution is -1.95. The molecule has 2 aromatic carbocycles. The number of hydrogen-bond donors (Lipinski definition) is 0. The topological polar surface area (TPSA) is 17.1 Å². The Morgan fingerprint density at radius 2 is 1.61 bits per heavy atom. The first kappa shape index (κ1) is 11.4. The van der Waals surface area contributed by atoms with E-state index in [9.17, 15) is 4.79 Å². The molecular formula is C16H11BrO. The molecule has 0 fully saturated rings. The van der Waals surface area contributed by atoms with Gasteiger partial charge in [0.25, 0.3) is 0 Å². The van der Waals surface area contributed by atoms with Gasteiger partial charge in [-0.2, -0.15) is 0 Å².